The SMILES string of the molecule is CNC(c1cc2cccc(F)c2o1)C1CC1(C)C. The average Bonchev–Trinajstić information content (AvgIpc) is 2.76. The van der Waals surface area contributed by atoms with Crippen molar-refractivity contribution in [3.63, 3.8) is 0 Å². The molecule has 2 aromatic rings. The molecule has 2 atom stereocenters. The third-order valence-corrected chi connectivity index (χ3v) is 4.12. The van der Waals surface area contributed by atoms with E-state index in [9.17, 15) is 4.39 Å². The standard InChI is InChI=1S/C15H18FNO/c1-15(2)8-10(15)13(17-3)12-7-9-5-4-6-11(16)14(9)18-12/h4-7,10,13,17H,8H2,1-3H3. The number of hydrogen-bond donors (Lipinski definition) is 1. The van der Waals surface area contributed by atoms with E-state index in [-0.39, 0.29) is 11.9 Å². The number of rotatable bonds is 3. The quantitative estimate of drug-likeness (QED) is 0.890. The third kappa shape index (κ3) is 1.74. The maximum absolute atomic E-state index is 13.6. The van der Waals surface area contributed by atoms with Crippen molar-refractivity contribution in [3.8, 4) is 0 Å². The molecule has 0 radical (unpaired) electrons. The number of benzene rings is 1. The van der Waals surface area contributed by atoms with Gasteiger partial charge in [0.15, 0.2) is 11.4 Å². The first kappa shape index (κ1) is 11.7. The number of para-hydroxylation sites is 1. The smallest absolute Gasteiger partial charge is 0.169 e. The summed E-state index contributed by atoms with van der Waals surface area (Å²) in [7, 11) is 1.93. The summed E-state index contributed by atoms with van der Waals surface area (Å²) >= 11 is 0. The third-order valence-electron chi connectivity index (χ3n) is 4.12. The summed E-state index contributed by atoms with van der Waals surface area (Å²) in [4.78, 5) is 0. The molecule has 0 amide bonds. The van der Waals surface area contributed by atoms with Gasteiger partial charge in [0.2, 0.25) is 0 Å². The lowest BCUT2D eigenvalue weighted by Crippen LogP contribution is -2.19. The van der Waals surface area contributed by atoms with Crippen LogP contribution >= 0.6 is 0 Å². The second kappa shape index (κ2) is 3.82. The molecule has 18 heavy (non-hydrogen) atoms. The van der Waals surface area contributed by atoms with Crippen LogP contribution in [0.3, 0.4) is 0 Å². The molecule has 96 valence electrons. The normalized spacial score (nSPS) is 23.2. The highest BCUT2D eigenvalue weighted by Gasteiger charge is 2.51. The molecule has 1 fully saturated rings. The van der Waals surface area contributed by atoms with E-state index in [0.29, 0.717) is 16.9 Å². The minimum atomic E-state index is -0.288. The van der Waals surface area contributed by atoms with E-state index in [1.54, 1.807) is 6.07 Å². The lowest BCUT2D eigenvalue weighted by Gasteiger charge is -2.15. The van der Waals surface area contributed by atoms with Crippen LogP contribution in [0.2, 0.25) is 0 Å². The highest BCUT2D eigenvalue weighted by Crippen LogP contribution is 2.57. The maximum Gasteiger partial charge on any atom is 0.169 e. The van der Waals surface area contributed by atoms with Gasteiger partial charge >= 0.3 is 0 Å². The van der Waals surface area contributed by atoms with Crippen LogP contribution in [0.5, 0.6) is 0 Å². The first-order valence-electron chi connectivity index (χ1n) is 6.38. The van der Waals surface area contributed by atoms with Gasteiger partial charge in [-0.2, -0.15) is 0 Å². The molecule has 1 aromatic carbocycles. The summed E-state index contributed by atoms with van der Waals surface area (Å²) in [6.45, 7) is 4.51. The molecule has 2 nitrogen and oxygen atoms in total. The van der Waals surface area contributed by atoms with E-state index in [1.165, 1.54) is 12.5 Å². The van der Waals surface area contributed by atoms with Gasteiger partial charge in [-0.15, -0.1) is 0 Å². The minimum absolute atomic E-state index is 0.173. The van der Waals surface area contributed by atoms with E-state index in [0.717, 1.165) is 11.1 Å². The van der Waals surface area contributed by atoms with Crippen molar-refractivity contribution in [1.82, 2.24) is 5.32 Å². The van der Waals surface area contributed by atoms with Crippen molar-refractivity contribution >= 4 is 11.0 Å². The number of furan rings is 1. The molecule has 3 rings (SSSR count). The lowest BCUT2D eigenvalue weighted by atomic mass is 10.0. The van der Waals surface area contributed by atoms with Crippen molar-refractivity contribution in [2.24, 2.45) is 11.3 Å². The van der Waals surface area contributed by atoms with Crippen LogP contribution < -0.4 is 5.32 Å². The van der Waals surface area contributed by atoms with E-state index in [4.69, 9.17) is 4.42 Å². The van der Waals surface area contributed by atoms with Gasteiger partial charge in [0.05, 0.1) is 6.04 Å². The molecular formula is C15H18FNO. The van der Waals surface area contributed by atoms with Gasteiger partial charge in [-0.3, -0.25) is 0 Å². The first-order chi connectivity index (χ1) is 8.53. The molecule has 1 saturated carbocycles. The van der Waals surface area contributed by atoms with E-state index in [1.807, 2.05) is 19.2 Å². The number of fused-ring (bicyclic) bond motifs is 1. The fraction of sp³-hybridized carbons (Fsp3) is 0.467. The van der Waals surface area contributed by atoms with Crippen molar-refractivity contribution in [3.05, 3.63) is 35.8 Å². The van der Waals surface area contributed by atoms with Crippen LogP contribution in [0.4, 0.5) is 4.39 Å². The molecule has 1 N–H and O–H groups in total. The highest BCUT2D eigenvalue weighted by atomic mass is 19.1. The predicted molar refractivity (Wildman–Crippen MR) is 69.9 cm³/mol. The Morgan fingerprint density at radius 1 is 1.44 bits per heavy atom. The van der Waals surface area contributed by atoms with Crippen LogP contribution in [0.15, 0.2) is 28.7 Å². The lowest BCUT2D eigenvalue weighted by molar-refractivity contribution is 0.374. The predicted octanol–water partition coefficient (Wildman–Crippen LogP) is 3.88. The molecule has 2 unspecified atom stereocenters. The van der Waals surface area contributed by atoms with Gasteiger partial charge in [0.25, 0.3) is 0 Å². The monoisotopic (exact) mass is 247 g/mol. The molecule has 3 heteroatoms. The minimum Gasteiger partial charge on any atom is -0.456 e. The molecule has 1 heterocycles. The number of halogens is 1. The summed E-state index contributed by atoms with van der Waals surface area (Å²) < 4.78 is 19.3. The molecule has 0 saturated heterocycles. The van der Waals surface area contributed by atoms with Gasteiger partial charge in [0, 0.05) is 5.39 Å². The van der Waals surface area contributed by atoms with Gasteiger partial charge in [-0.1, -0.05) is 26.0 Å². The van der Waals surface area contributed by atoms with Crippen LogP contribution in [-0.4, -0.2) is 7.05 Å². The Balaban J connectivity index is 2.01. The zero-order valence-electron chi connectivity index (χ0n) is 11.0. The highest BCUT2D eigenvalue weighted by molar-refractivity contribution is 5.78. The molecule has 1 aliphatic rings. The Hall–Kier alpha value is -1.35. The summed E-state index contributed by atoms with van der Waals surface area (Å²) in [5.41, 5.74) is 0.719. The van der Waals surface area contributed by atoms with Crippen LogP contribution in [0.25, 0.3) is 11.0 Å². The van der Waals surface area contributed by atoms with Gasteiger partial charge in [0.1, 0.15) is 5.76 Å². The van der Waals surface area contributed by atoms with Gasteiger partial charge in [-0.25, -0.2) is 4.39 Å². The van der Waals surface area contributed by atoms with Crippen LogP contribution in [0, 0.1) is 17.2 Å². The zero-order valence-corrected chi connectivity index (χ0v) is 11.0. The second-order valence-electron chi connectivity index (χ2n) is 5.87. The van der Waals surface area contributed by atoms with Crippen molar-refractivity contribution < 1.29 is 8.81 Å². The number of nitrogens with one attached hydrogen (secondary N) is 1. The summed E-state index contributed by atoms with van der Waals surface area (Å²) in [5.74, 6) is 1.11. The van der Waals surface area contributed by atoms with Gasteiger partial charge in [-0.05, 0) is 36.9 Å². The largest absolute Gasteiger partial charge is 0.456 e. The van der Waals surface area contributed by atoms with Crippen LogP contribution in [-0.2, 0) is 0 Å². The van der Waals surface area contributed by atoms with Crippen molar-refractivity contribution in [1.29, 1.82) is 0 Å². The summed E-state index contributed by atoms with van der Waals surface area (Å²) in [6.07, 6.45) is 1.18. The number of hydrogen-bond acceptors (Lipinski definition) is 2. The Morgan fingerprint density at radius 3 is 2.72 bits per heavy atom. The molecular weight excluding hydrogens is 229 g/mol. The Kier molecular flexibility index (Phi) is 2.49. The molecule has 0 bridgehead atoms. The molecule has 0 spiro atoms. The molecule has 1 aliphatic carbocycles. The Morgan fingerprint density at radius 2 is 2.17 bits per heavy atom. The van der Waals surface area contributed by atoms with E-state index >= 15 is 0 Å². The summed E-state index contributed by atoms with van der Waals surface area (Å²) in [6, 6.07) is 7.16. The molecule has 0 aliphatic heterocycles. The van der Waals surface area contributed by atoms with Gasteiger partial charge < -0.3 is 9.73 Å². The fourth-order valence-electron chi connectivity index (χ4n) is 2.82. The average molecular weight is 247 g/mol. The summed E-state index contributed by atoms with van der Waals surface area (Å²) in [5, 5.41) is 4.14. The topological polar surface area (TPSA) is 25.2 Å². The van der Waals surface area contributed by atoms with Crippen LogP contribution in [0.1, 0.15) is 32.1 Å². The second-order valence-corrected chi connectivity index (χ2v) is 5.87. The Labute approximate surface area is 106 Å². The van der Waals surface area contributed by atoms with Crippen molar-refractivity contribution in [2.75, 3.05) is 7.05 Å². The zero-order chi connectivity index (χ0) is 12.9. The van der Waals surface area contributed by atoms with Crippen molar-refractivity contribution in [2.45, 2.75) is 26.3 Å². The fourth-order valence-corrected chi connectivity index (χ4v) is 2.82. The maximum atomic E-state index is 13.6. The molecule has 1 aromatic heterocycles. The Bertz CT molecular complexity index is 587. The van der Waals surface area contributed by atoms with E-state index in [2.05, 4.69) is 19.2 Å². The van der Waals surface area contributed by atoms with E-state index < -0.39 is 0 Å². The first-order valence-corrected chi connectivity index (χ1v) is 6.38.